The molecule has 0 saturated carbocycles. The molecule has 0 fully saturated rings. The first-order chi connectivity index (χ1) is 12.1. The van der Waals surface area contributed by atoms with E-state index in [2.05, 4.69) is 9.97 Å². The van der Waals surface area contributed by atoms with E-state index < -0.39 is 5.97 Å². The smallest absolute Gasteiger partial charge is 0.348 e. The average molecular weight is 354 g/mol. The molecule has 0 aliphatic carbocycles. The van der Waals surface area contributed by atoms with Crippen molar-refractivity contribution < 1.29 is 14.3 Å². The second kappa shape index (κ2) is 5.86. The lowest BCUT2D eigenvalue weighted by atomic mass is 10.1. The zero-order valence-electron chi connectivity index (χ0n) is 13.6. The SMILES string of the molecule is COC(=O)c1sc2nc(C3=Cc4ccccc4OC3)[nH]c(=O)c2c1C. The summed E-state index contributed by atoms with van der Waals surface area (Å²) < 4.78 is 10.5. The molecule has 25 heavy (non-hydrogen) atoms. The van der Waals surface area contributed by atoms with E-state index in [1.165, 1.54) is 7.11 Å². The van der Waals surface area contributed by atoms with Gasteiger partial charge in [-0.1, -0.05) is 18.2 Å². The van der Waals surface area contributed by atoms with E-state index in [0.717, 1.165) is 28.2 Å². The largest absolute Gasteiger partial charge is 0.488 e. The van der Waals surface area contributed by atoms with Gasteiger partial charge >= 0.3 is 5.97 Å². The van der Waals surface area contributed by atoms with Crippen LogP contribution in [0.3, 0.4) is 0 Å². The van der Waals surface area contributed by atoms with Crippen molar-refractivity contribution in [2.24, 2.45) is 0 Å². The summed E-state index contributed by atoms with van der Waals surface area (Å²) >= 11 is 1.16. The van der Waals surface area contributed by atoms with Crippen LogP contribution < -0.4 is 10.3 Å². The minimum absolute atomic E-state index is 0.274. The quantitative estimate of drug-likeness (QED) is 0.716. The number of hydrogen-bond donors (Lipinski definition) is 1. The van der Waals surface area contributed by atoms with Gasteiger partial charge in [0.1, 0.15) is 27.9 Å². The lowest BCUT2D eigenvalue weighted by Gasteiger charge is -2.17. The summed E-state index contributed by atoms with van der Waals surface area (Å²) in [4.78, 5) is 32.6. The van der Waals surface area contributed by atoms with E-state index >= 15 is 0 Å². The molecule has 126 valence electrons. The molecule has 7 heteroatoms. The Balaban J connectivity index is 1.86. The molecule has 0 unspecified atom stereocenters. The van der Waals surface area contributed by atoms with E-state index in [1.54, 1.807) is 6.92 Å². The number of rotatable bonds is 2. The van der Waals surface area contributed by atoms with Crippen molar-refractivity contribution in [2.75, 3.05) is 13.7 Å². The number of ether oxygens (including phenoxy) is 2. The standard InChI is InChI=1S/C18H14N2O4S/c1-9-13-16(21)19-15(20-17(13)25-14(9)18(22)23-2)11-7-10-5-3-4-6-12(10)24-8-11/h3-7H,8H2,1-2H3,(H,19,20,21). The highest BCUT2D eigenvalue weighted by molar-refractivity contribution is 7.20. The lowest BCUT2D eigenvalue weighted by molar-refractivity contribution is 0.0605. The van der Waals surface area contributed by atoms with Crippen molar-refractivity contribution in [1.29, 1.82) is 0 Å². The zero-order chi connectivity index (χ0) is 17.6. The fourth-order valence-corrected chi connectivity index (χ4v) is 3.94. The van der Waals surface area contributed by atoms with Gasteiger partial charge in [0, 0.05) is 11.1 Å². The van der Waals surface area contributed by atoms with E-state index in [-0.39, 0.29) is 5.56 Å². The second-order valence-corrected chi connectivity index (χ2v) is 6.64. The maximum atomic E-state index is 12.5. The van der Waals surface area contributed by atoms with Crippen LogP contribution in [-0.4, -0.2) is 29.7 Å². The van der Waals surface area contributed by atoms with E-state index in [4.69, 9.17) is 9.47 Å². The second-order valence-electron chi connectivity index (χ2n) is 5.64. The predicted molar refractivity (Wildman–Crippen MR) is 96.1 cm³/mol. The van der Waals surface area contributed by atoms with Gasteiger partial charge in [0.2, 0.25) is 0 Å². The Kier molecular flexibility index (Phi) is 3.65. The third-order valence-corrected chi connectivity index (χ3v) is 5.27. The van der Waals surface area contributed by atoms with Crippen LogP contribution >= 0.6 is 11.3 Å². The van der Waals surface area contributed by atoms with E-state index in [0.29, 0.717) is 33.1 Å². The third kappa shape index (κ3) is 2.53. The number of aromatic amines is 1. The Morgan fingerprint density at radius 1 is 1.36 bits per heavy atom. The summed E-state index contributed by atoms with van der Waals surface area (Å²) in [5.41, 5.74) is 2.03. The Labute approximate surface area is 146 Å². The number of nitrogens with one attached hydrogen (secondary N) is 1. The number of hydrogen-bond acceptors (Lipinski definition) is 6. The molecule has 0 spiro atoms. The van der Waals surface area contributed by atoms with Gasteiger partial charge in [-0.15, -0.1) is 11.3 Å². The molecular weight excluding hydrogens is 340 g/mol. The number of benzene rings is 1. The number of aryl methyl sites for hydroxylation is 1. The molecule has 0 radical (unpaired) electrons. The molecule has 1 aliphatic rings. The van der Waals surface area contributed by atoms with Crippen LogP contribution in [0, 0.1) is 6.92 Å². The van der Waals surface area contributed by atoms with Crippen molar-refractivity contribution in [1.82, 2.24) is 9.97 Å². The maximum Gasteiger partial charge on any atom is 0.348 e. The van der Waals surface area contributed by atoms with Gasteiger partial charge in [0.05, 0.1) is 12.5 Å². The predicted octanol–water partition coefficient (Wildman–Crippen LogP) is 3.01. The Morgan fingerprint density at radius 3 is 2.96 bits per heavy atom. The summed E-state index contributed by atoms with van der Waals surface area (Å²) in [5.74, 6) is 0.787. The monoisotopic (exact) mass is 354 g/mol. The van der Waals surface area contributed by atoms with Gasteiger partial charge in [-0.3, -0.25) is 4.79 Å². The summed E-state index contributed by atoms with van der Waals surface area (Å²) in [6, 6.07) is 7.67. The first-order valence-electron chi connectivity index (χ1n) is 7.63. The number of H-pyrrole nitrogens is 1. The van der Waals surface area contributed by atoms with Crippen molar-refractivity contribution >= 4 is 39.2 Å². The molecule has 3 aromatic rings. The number of para-hydroxylation sites is 1. The topological polar surface area (TPSA) is 81.3 Å². The van der Waals surface area contributed by atoms with Crippen molar-refractivity contribution in [3.05, 3.63) is 56.4 Å². The van der Waals surface area contributed by atoms with Gasteiger partial charge in [-0.05, 0) is 24.6 Å². The van der Waals surface area contributed by atoms with Gasteiger partial charge in [0.15, 0.2) is 0 Å². The summed E-state index contributed by atoms with van der Waals surface area (Å²) in [5, 5.41) is 0.423. The van der Waals surface area contributed by atoms with Crippen molar-refractivity contribution in [3.63, 3.8) is 0 Å². The molecule has 0 amide bonds. The number of fused-ring (bicyclic) bond motifs is 2. The zero-order valence-corrected chi connectivity index (χ0v) is 14.4. The van der Waals surface area contributed by atoms with Crippen LogP contribution in [0.25, 0.3) is 21.9 Å². The number of thiophene rings is 1. The fraction of sp³-hybridized carbons (Fsp3) is 0.167. The Morgan fingerprint density at radius 2 is 2.16 bits per heavy atom. The first kappa shape index (κ1) is 15.6. The van der Waals surface area contributed by atoms with Gasteiger partial charge < -0.3 is 14.5 Å². The van der Waals surface area contributed by atoms with Crippen molar-refractivity contribution in [3.8, 4) is 5.75 Å². The van der Waals surface area contributed by atoms with Crippen LogP contribution in [0.1, 0.15) is 26.6 Å². The maximum absolute atomic E-state index is 12.5. The number of carbonyl (C=O) groups is 1. The number of carbonyl (C=O) groups excluding carboxylic acids is 1. The minimum atomic E-state index is -0.462. The van der Waals surface area contributed by atoms with Crippen LogP contribution in [0.15, 0.2) is 29.1 Å². The van der Waals surface area contributed by atoms with Crippen LogP contribution in [0.2, 0.25) is 0 Å². The Bertz CT molecular complexity index is 1090. The first-order valence-corrected chi connectivity index (χ1v) is 8.44. The third-order valence-electron chi connectivity index (χ3n) is 4.11. The molecule has 1 aliphatic heterocycles. The minimum Gasteiger partial charge on any atom is -0.488 e. The van der Waals surface area contributed by atoms with E-state index in [1.807, 2.05) is 30.3 Å². The number of nitrogens with zero attached hydrogens (tertiary/aromatic N) is 1. The molecule has 1 aromatic carbocycles. The molecule has 3 heterocycles. The van der Waals surface area contributed by atoms with Gasteiger partial charge in [-0.25, -0.2) is 9.78 Å². The summed E-state index contributed by atoms with van der Waals surface area (Å²) in [6.07, 6.45) is 1.95. The number of methoxy groups -OCH3 is 1. The fourth-order valence-electron chi connectivity index (χ4n) is 2.84. The number of aromatic nitrogens is 2. The van der Waals surface area contributed by atoms with Crippen LogP contribution in [0.4, 0.5) is 0 Å². The van der Waals surface area contributed by atoms with E-state index in [9.17, 15) is 9.59 Å². The van der Waals surface area contributed by atoms with Crippen molar-refractivity contribution in [2.45, 2.75) is 6.92 Å². The molecule has 0 bridgehead atoms. The number of esters is 1. The highest BCUT2D eigenvalue weighted by Crippen LogP contribution is 2.31. The normalized spacial score (nSPS) is 13.1. The molecule has 0 atom stereocenters. The summed E-state index contributed by atoms with van der Waals surface area (Å²) in [7, 11) is 1.32. The molecule has 6 nitrogen and oxygen atoms in total. The molecular formula is C18H14N2O4S. The molecule has 1 N–H and O–H groups in total. The summed E-state index contributed by atoms with van der Waals surface area (Å²) in [6.45, 7) is 2.04. The van der Waals surface area contributed by atoms with Crippen LogP contribution in [-0.2, 0) is 4.74 Å². The average Bonchev–Trinajstić information content (AvgIpc) is 2.97. The molecule has 2 aromatic heterocycles. The highest BCUT2D eigenvalue weighted by Gasteiger charge is 2.21. The Hall–Kier alpha value is -2.93. The molecule has 4 rings (SSSR count). The molecule has 0 saturated heterocycles. The van der Waals surface area contributed by atoms with Gasteiger partial charge in [0.25, 0.3) is 5.56 Å². The highest BCUT2D eigenvalue weighted by atomic mass is 32.1. The van der Waals surface area contributed by atoms with Gasteiger partial charge in [-0.2, -0.15) is 0 Å². The lowest BCUT2D eigenvalue weighted by Crippen LogP contribution is -2.15. The van der Waals surface area contributed by atoms with Crippen LogP contribution in [0.5, 0.6) is 5.75 Å².